The molecule has 0 aliphatic carbocycles. The minimum atomic E-state index is -1.80. The van der Waals surface area contributed by atoms with E-state index in [2.05, 4.69) is 33.4 Å². The number of rotatable bonds is 5. The summed E-state index contributed by atoms with van der Waals surface area (Å²) in [6, 6.07) is 25.4. The van der Waals surface area contributed by atoms with Gasteiger partial charge in [0.15, 0.2) is 5.60 Å². The van der Waals surface area contributed by atoms with Crippen LogP contribution in [-0.4, -0.2) is 11.0 Å². The third-order valence-electron chi connectivity index (χ3n) is 3.90. The molecule has 0 radical (unpaired) electrons. The van der Waals surface area contributed by atoms with E-state index in [0.29, 0.717) is 11.1 Å². The number of benzene rings is 3. The third kappa shape index (κ3) is 3.67. The molecule has 3 aromatic carbocycles. The summed E-state index contributed by atoms with van der Waals surface area (Å²) in [7, 11) is 0. The van der Waals surface area contributed by atoms with Gasteiger partial charge in [0.05, 0.1) is 5.69 Å². The first-order chi connectivity index (χ1) is 12.1. The maximum absolute atomic E-state index is 12.9. The lowest BCUT2D eigenvalue weighted by Gasteiger charge is -2.28. The Morgan fingerprint density at radius 1 is 0.800 bits per heavy atom. The van der Waals surface area contributed by atoms with Gasteiger partial charge in [-0.2, -0.15) is 0 Å². The van der Waals surface area contributed by atoms with Crippen molar-refractivity contribution in [2.75, 3.05) is 5.43 Å². The van der Waals surface area contributed by atoms with Crippen molar-refractivity contribution in [2.24, 2.45) is 0 Å². The number of carbonyl (C=O) groups is 1. The van der Waals surface area contributed by atoms with Gasteiger partial charge in [0.25, 0.3) is 5.91 Å². The fourth-order valence-corrected chi connectivity index (χ4v) is 3.09. The lowest BCUT2D eigenvalue weighted by atomic mass is 9.85. The zero-order valence-electron chi connectivity index (χ0n) is 13.3. The second-order valence-electron chi connectivity index (χ2n) is 5.50. The molecule has 0 aromatic heterocycles. The number of hydrogen-bond donors (Lipinski definition) is 3. The Morgan fingerprint density at radius 3 is 1.80 bits per heavy atom. The van der Waals surface area contributed by atoms with Crippen molar-refractivity contribution in [3.63, 3.8) is 0 Å². The molecule has 0 fully saturated rings. The van der Waals surface area contributed by atoms with Gasteiger partial charge in [0.2, 0.25) is 0 Å². The van der Waals surface area contributed by atoms with Crippen molar-refractivity contribution >= 4 is 34.2 Å². The molecule has 0 atom stereocenters. The molecule has 3 rings (SSSR count). The molecule has 0 aliphatic heterocycles. The summed E-state index contributed by atoms with van der Waals surface area (Å²) < 4.78 is 0.961. The molecule has 126 valence electrons. The second-order valence-corrected chi connectivity index (χ2v) is 6.66. The molecule has 0 heterocycles. The minimum Gasteiger partial charge on any atom is -0.372 e. The number of carbonyl (C=O) groups excluding carboxylic acids is 1. The van der Waals surface area contributed by atoms with Crippen molar-refractivity contribution in [1.82, 2.24) is 5.43 Å². The molecule has 3 N–H and O–H groups in total. The molecular formula is C20H17IN2O2. The van der Waals surface area contributed by atoms with Gasteiger partial charge in [0.1, 0.15) is 0 Å². The maximum Gasteiger partial charge on any atom is 0.279 e. The van der Waals surface area contributed by atoms with E-state index in [-0.39, 0.29) is 0 Å². The molecule has 0 bridgehead atoms. The van der Waals surface area contributed by atoms with Crippen molar-refractivity contribution in [1.29, 1.82) is 0 Å². The molecule has 5 heteroatoms. The Balaban J connectivity index is 1.92. The highest BCUT2D eigenvalue weighted by atomic mass is 127. The first-order valence-electron chi connectivity index (χ1n) is 7.77. The summed E-state index contributed by atoms with van der Waals surface area (Å²) in [5.74, 6) is -0.551. The van der Waals surface area contributed by atoms with Crippen molar-refractivity contribution in [3.05, 3.63) is 99.6 Å². The van der Waals surface area contributed by atoms with Crippen molar-refractivity contribution in [2.45, 2.75) is 5.60 Å². The molecule has 3 aromatic rings. The van der Waals surface area contributed by atoms with E-state index >= 15 is 0 Å². The monoisotopic (exact) mass is 444 g/mol. The normalized spacial score (nSPS) is 11.0. The zero-order chi connectivity index (χ0) is 17.7. The fourth-order valence-electron chi connectivity index (χ4n) is 2.56. The summed E-state index contributed by atoms with van der Waals surface area (Å²) in [6.07, 6.45) is 0. The molecule has 0 saturated carbocycles. The van der Waals surface area contributed by atoms with E-state index < -0.39 is 11.5 Å². The van der Waals surface area contributed by atoms with E-state index in [4.69, 9.17) is 0 Å². The highest BCUT2D eigenvalue weighted by molar-refractivity contribution is 14.1. The van der Waals surface area contributed by atoms with Crippen molar-refractivity contribution < 1.29 is 9.90 Å². The van der Waals surface area contributed by atoms with E-state index in [9.17, 15) is 9.90 Å². The summed E-state index contributed by atoms with van der Waals surface area (Å²) in [5, 5.41) is 11.3. The van der Waals surface area contributed by atoms with Gasteiger partial charge in [-0.1, -0.05) is 72.8 Å². The largest absolute Gasteiger partial charge is 0.372 e. The number of halogens is 1. The Labute approximate surface area is 160 Å². The Kier molecular flexibility index (Phi) is 5.35. The first kappa shape index (κ1) is 17.4. The number of nitrogens with one attached hydrogen (secondary N) is 2. The van der Waals surface area contributed by atoms with Crippen LogP contribution in [0, 0.1) is 3.57 Å². The molecule has 0 unspecified atom stereocenters. The fraction of sp³-hybridized carbons (Fsp3) is 0.0500. The average molecular weight is 444 g/mol. The summed E-state index contributed by atoms with van der Waals surface area (Å²) >= 11 is 2.17. The smallest absolute Gasteiger partial charge is 0.279 e. The topological polar surface area (TPSA) is 61.4 Å². The van der Waals surface area contributed by atoms with Gasteiger partial charge in [-0.15, -0.1) is 0 Å². The molecule has 1 amide bonds. The van der Waals surface area contributed by atoms with Crippen LogP contribution in [0.25, 0.3) is 0 Å². The van der Waals surface area contributed by atoms with Gasteiger partial charge >= 0.3 is 0 Å². The number of aliphatic hydroxyl groups is 1. The van der Waals surface area contributed by atoms with Crippen LogP contribution in [0.5, 0.6) is 0 Å². The van der Waals surface area contributed by atoms with Gasteiger partial charge < -0.3 is 5.11 Å². The molecule has 0 spiro atoms. The molecule has 0 saturated heterocycles. The number of hydrazine groups is 1. The number of anilines is 1. The molecule has 0 aliphatic rings. The van der Waals surface area contributed by atoms with E-state index in [1.54, 1.807) is 48.5 Å². The molecule has 25 heavy (non-hydrogen) atoms. The molecular weight excluding hydrogens is 427 g/mol. The second kappa shape index (κ2) is 7.67. The van der Waals surface area contributed by atoms with Gasteiger partial charge in [0, 0.05) is 3.57 Å². The Bertz CT molecular complexity index is 814. The lowest BCUT2D eigenvalue weighted by molar-refractivity contribution is -0.136. The average Bonchev–Trinajstić information content (AvgIpc) is 2.68. The van der Waals surface area contributed by atoms with Crippen LogP contribution in [0.3, 0.4) is 0 Å². The van der Waals surface area contributed by atoms with Crippen LogP contribution >= 0.6 is 22.6 Å². The summed E-state index contributed by atoms with van der Waals surface area (Å²) in [5.41, 5.74) is 5.50. The number of amides is 1. The molecule has 4 nitrogen and oxygen atoms in total. The third-order valence-corrected chi connectivity index (χ3v) is 4.84. The van der Waals surface area contributed by atoms with Gasteiger partial charge in [-0.05, 0) is 45.9 Å². The zero-order valence-corrected chi connectivity index (χ0v) is 15.5. The Morgan fingerprint density at radius 2 is 1.28 bits per heavy atom. The van der Waals surface area contributed by atoms with Crippen LogP contribution in [0.2, 0.25) is 0 Å². The lowest BCUT2D eigenvalue weighted by Crippen LogP contribution is -2.47. The predicted octanol–water partition coefficient (Wildman–Crippen LogP) is 3.67. The van der Waals surface area contributed by atoms with Crippen LogP contribution in [0.1, 0.15) is 11.1 Å². The predicted molar refractivity (Wildman–Crippen MR) is 107 cm³/mol. The highest BCUT2D eigenvalue weighted by Gasteiger charge is 2.39. The van der Waals surface area contributed by atoms with Crippen LogP contribution in [0.4, 0.5) is 5.69 Å². The van der Waals surface area contributed by atoms with E-state index in [0.717, 1.165) is 9.26 Å². The Hall–Kier alpha value is -2.38. The van der Waals surface area contributed by atoms with Gasteiger partial charge in [-0.25, -0.2) is 0 Å². The summed E-state index contributed by atoms with van der Waals surface area (Å²) in [4.78, 5) is 12.9. The van der Waals surface area contributed by atoms with Crippen molar-refractivity contribution in [3.8, 4) is 0 Å². The van der Waals surface area contributed by atoms with Crippen LogP contribution in [0.15, 0.2) is 84.9 Å². The van der Waals surface area contributed by atoms with E-state index in [1.165, 1.54) is 0 Å². The van der Waals surface area contributed by atoms with E-state index in [1.807, 2.05) is 36.4 Å². The first-order valence-corrected chi connectivity index (χ1v) is 8.84. The number of para-hydroxylation sites is 1. The highest BCUT2D eigenvalue weighted by Crippen LogP contribution is 2.30. The summed E-state index contributed by atoms with van der Waals surface area (Å²) in [6.45, 7) is 0. The van der Waals surface area contributed by atoms with Crippen LogP contribution in [-0.2, 0) is 10.4 Å². The maximum atomic E-state index is 12.9. The van der Waals surface area contributed by atoms with Gasteiger partial charge in [-0.3, -0.25) is 15.6 Å². The standard InChI is InChI=1S/C20H17IN2O2/c21-17-13-7-8-14-18(17)22-23-19(24)20(25,15-9-3-1-4-10-15)16-11-5-2-6-12-16/h1-14,22,25H,(H,23,24). The quantitative estimate of drug-likeness (QED) is 0.416. The SMILES string of the molecule is O=C(NNc1ccccc1I)C(O)(c1ccccc1)c1ccccc1. The number of hydrogen-bond acceptors (Lipinski definition) is 3. The van der Waals surface area contributed by atoms with Crippen LogP contribution < -0.4 is 10.9 Å². The minimum absolute atomic E-state index is 0.503.